The molecule has 1 aromatic rings. The topological polar surface area (TPSA) is 50.4 Å². The molecule has 0 bridgehead atoms. The molecule has 2 atom stereocenters. The minimum Gasteiger partial charge on any atom is -0.494 e. The number of carbonyl (C=O) groups excluding carboxylic acids is 1. The Morgan fingerprint density at radius 3 is 2.60 bits per heavy atom. The smallest absolute Gasteiger partial charge is 0.237 e. The lowest BCUT2D eigenvalue weighted by atomic mass is 10.2. The molecule has 0 spiro atoms. The monoisotopic (exact) mass is 278 g/mol. The van der Waals surface area contributed by atoms with Gasteiger partial charge in [0.1, 0.15) is 5.75 Å². The van der Waals surface area contributed by atoms with Gasteiger partial charge in [-0.1, -0.05) is 25.1 Å². The minimum atomic E-state index is -0.166. The van der Waals surface area contributed by atoms with Crippen LogP contribution in [0.5, 0.6) is 5.75 Å². The average Bonchev–Trinajstić information content (AvgIpc) is 2.47. The zero-order chi connectivity index (χ0) is 14.8. The Bertz CT molecular complexity index is 381. The molecule has 1 rings (SSSR count). The molecule has 20 heavy (non-hydrogen) atoms. The van der Waals surface area contributed by atoms with Crippen LogP contribution in [0.1, 0.15) is 33.6 Å². The molecule has 1 amide bonds. The molecule has 4 heteroatoms. The van der Waals surface area contributed by atoms with E-state index in [1.54, 1.807) is 0 Å². The summed E-state index contributed by atoms with van der Waals surface area (Å²) in [5.41, 5.74) is 0. The average molecular weight is 278 g/mol. The number of benzene rings is 1. The lowest BCUT2D eigenvalue weighted by molar-refractivity contribution is -0.123. The molecule has 0 saturated carbocycles. The van der Waals surface area contributed by atoms with Crippen molar-refractivity contribution < 1.29 is 9.53 Å². The van der Waals surface area contributed by atoms with Crippen LogP contribution in [0.2, 0.25) is 0 Å². The lowest BCUT2D eigenvalue weighted by Crippen LogP contribution is -2.45. The second-order valence-electron chi connectivity index (χ2n) is 5.01. The van der Waals surface area contributed by atoms with Gasteiger partial charge in [0.05, 0.1) is 12.6 Å². The second kappa shape index (κ2) is 9.37. The van der Waals surface area contributed by atoms with Crippen molar-refractivity contribution in [3.05, 3.63) is 30.3 Å². The maximum absolute atomic E-state index is 11.8. The van der Waals surface area contributed by atoms with E-state index in [1.807, 2.05) is 44.2 Å². The molecule has 0 aliphatic heterocycles. The van der Waals surface area contributed by atoms with Crippen LogP contribution in [0, 0.1) is 0 Å². The normalized spacial score (nSPS) is 13.6. The van der Waals surface area contributed by atoms with E-state index in [1.165, 1.54) is 0 Å². The van der Waals surface area contributed by atoms with E-state index in [0.717, 1.165) is 25.1 Å². The van der Waals surface area contributed by atoms with Crippen molar-refractivity contribution in [1.82, 2.24) is 10.6 Å². The highest BCUT2D eigenvalue weighted by atomic mass is 16.5. The third-order valence-electron chi connectivity index (χ3n) is 3.18. The highest BCUT2D eigenvalue weighted by Gasteiger charge is 2.13. The number of carbonyl (C=O) groups is 1. The van der Waals surface area contributed by atoms with E-state index in [9.17, 15) is 4.79 Å². The van der Waals surface area contributed by atoms with Crippen LogP contribution < -0.4 is 15.4 Å². The largest absolute Gasteiger partial charge is 0.494 e. The Kier molecular flexibility index (Phi) is 7.73. The SMILES string of the molecule is CCC(C)NC(=O)C(C)NCCCOc1ccccc1. The molecule has 112 valence electrons. The minimum absolute atomic E-state index is 0.0586. The fourth-order valence-corrected chi connectivity index (χ4v) is 1.66. The van der Waals surface area contributed by atoms with E-state index in [4.69, 9.17) is 4.74 Å². The first-order valence-corrected chi connectivity index (χ1v) is 7.35. The molecule has 2 N–H and O–H groups in total. The van der Waals surface area contributed by atoms with E-state index >= 15 is 0 Å². The predicted octanol–water partition coefficient (Wildman–Crippen LogP) is 2.35. The quantitative estimate of drug-likeness (QED) is 0.682. The van der Waals surface area contributed by atoms with E-state index in [-0.39, 0.29) is 18.0 Å². The third kappa shape index (κ3) is 6.57. The van der Waals surface area contributed by atoms with Gasteiger partial charge in [0, 0.05) is 6.04 Å². The summed E-state index contributed by atoms with van der Waals surface area (Å²) in [6.45, 7) is 7.37. The van der Waals surface area contributed by atoms with Crippen LogP contribution in [0.15, 0.2) is 30.3 Å². The van der Waals surface area contributed by atoms with E-state index in [2.05, 4.69) is 17.6 Å². The van der Waals surface area contributed by atoms with Crippen molar-refractivity contribution in [2.24, 2.45) is 0 Å². The Balaban J connectivity index is 2.10. The van der Waals surface area contributed by atoms with Gasteiger partial charge in [0.2, 0.25) is 5.91 Å². The summed E-state index contributed by atoms with van der Waals surface area (Å²) in [6, 6.07) is 9.81. The highest BCUT2D eigenvalue weighted by molar-refractivity contribution is 5.81. The van der Waals surface area contributed by atoms with Gasteiger partial charge in [-0.15, -0.1) is 0 Å². The molecule has 2 unspecified atom stereocenters. The summed E-state index contributed by atoms with van der Waals surface area (Å²) in [4.78, 5) is 11.8. The molecule has 0 radical (unpaired) electrons. The first kappa shape index (κ1) is 16.5. The summed E-state index contributed by atoms with van der Waals surface area (Å²) < 4.78 is 5.59. The van der Waals surface area contributed by atoms with Crippen molar-refractivity contribution >= 4 is 5.91 Å². The Labute approximate surface area is 121 Å². The Hall–Kier alpha value is -1.55. The van der Waals surface area contributed by atoms with Gasteiger partial charge >= 0.3 is 0 Å². The van der Waals surface area contributed by atoms with Gasteiger partial charge in [-0.2, -0.15) is 0 Å². The predicted molar refractivity (Wildman–Crippen MR) is 81.9 cm³/mol. The number of hydrogen-bond acceptors (Lipinski definition) is 3. The van der Waals surface area contributed by atoms with Crippen LogP contribution in [0.3, 0.4) is 0 Å². The third-order valence-corrected chi connectivity index (χ3v) is 3.18. The second-order valence-corrected chi connectivity index (χ2v) is 5.01. The van der Waals surface area contributed by atoms with Gasteiger partial charge in [-0.25, -0.2) is 0 Å². The fourth-order valence-electron chi connectivity index (χ4n) is 1.66. The maximum Gasteiger partial charge on any atom is 0.237 e. The van der Waals surface area contributed by atoms with Crippen LogP contribution in [-0.2, 0) is 4.79 Å². The zero-order valence-corrected chi connectivity index (χ0v) is 12.7. The summed E-state index contributed by atoms with van der Waals surface area (Å²) in [6.07, 6.45) is 1.82. The van der Waals surface area contributed by atoms with Crippen molar-refractivity contribution in [2.45, 2.75) is 45.7 Å². The van der Waals surface area contributed by atoms with Gasteiger partial charge < -0.3 is 15.4 Å². The number of para-hydroxylation sites is 1. The summed E-state index contributed by atoms with van der Waals surface area (Å²) in [5, 5.41) is 6.17. The zero-order valence-electron chi connectivity index (χ0n) is 12.7. The summed E-state index contributed by atoms with van der Waals surface area (Å²) in [5.74, 6) is 0.943. The van der Waals surface area contributed by atoms with Crippen LogP contribution in [-0.4, -0.2) is 31.1 Å². The van der Waals surface area contributed by atoms with Crippen molar-refractivity contribution in [1.29, 1.82) is 0 Å². The number of ether oxygens (including phenoxy) is 1. The maximum atomic E-state index is 11.8. The molecular formula is C16H26N2O2. The van der Waals surface area contributed by atoms with Crippen molar-refractivity contribution in [3.63, 3.8) is 0 Å². The molecule has 0 fully saturated rings. The molecule has 0 aromatic heterocycles. The number of rotatable bonds is 9. The molecule has 0 aliphatic rings. The van der Waals surface area contributed by atoms with Crippen molar-refractivity contribution in [3.8, 4) is 5.75 Å². The number of amides is 1. The first-order chi connectivity index (χ1) is 9.63. The summed E-state index contributed by atoms with van der Waals surface area (Å²) >= 11 is 0. The molecule has 0 saturated heterocycles. The standard InChI is InChI=1S/C16H26N2O2/c1-4-13(2)18-16(19)14(3)17-11-8-12-20-15-9-6-5-7-10-15/h5-7,9-10,13-14,17H,4,8,11-12H2,1-3H3,(H,18,19). The van der Waals surface area contributed by atoms with Gasteiger partial charge in [0.15, 0.2) is 0 Å². The van der Waals surface area contributed by atoms with Crippen molar-refractivity contribution in [2.75, 3.05) is 13.2 Å². The lowest BCUT2D eigenvalue weighted by Gasteiger charge is -2.17. The summed E-state index contributed by atoms with van der Waals surface area (Å²) in [7, 11) is 0. The Morgan fingerprint density at radius 2 is 1.95 bits per heavy atom. The van der Waals surface area contributed by atoms with Gasteiger partial charge in [-0.05, 0) is 45.4 Å². The number of hydrogen-bond donors (Lipinski definition) is 2. The van der Waals surface area contributed by atoms with Gasteiger partial charge in [-0.3, -0.25) is 4.79 Å². The van der Waals surface area contributed by atoms with Crippen LogP contribution in [0.25, 0.3) is 0 Å². The molecule has 0 heterocycles. The highest BCUT2D eigenvalue weighted by Crippen LogP contribution is 2.08. The number of nitrogens with one attached hydrogen (secondary N) is 2. The molecule has 0 aliphatic carbocycles. The molecule has 1 aromatic carbocycles. The Morgan fingerprint density at radius 1 is 1.25 bits per heavy atom. The first-order valence-electron chi connectivity index (χ1n) is 7.35. The van der Waals surface area contributed by atoms with E-state index < -0.39 is 0 Å². The molecular weight excluding hydrogens is 252 g/mol. The fraction of sp³-hybridized carbons (Fsp3) is 0.562. The van der Waals surface area contributed by atoms with Crippen LogP contribution >= 0.6 is 0 Å². The van der Waals surface area contributed by atoms with Gasteiger partial charge in [0.25, 0.3) is 0 Å². The van der Waals surface area contributed by atoms with E-state index in [0.29, 0.717) is 6.61 Å². The molecule has 4 nitrogen and oxygen atoms in total. The van der Waals surface area contributed by atoms with Crippen LogP contribution in [0.4, 0.5) is 0 Å².